The van der Waals surface area contributed by atoms with Gasteiger partial charge in [-0.2, -0.15) is 0 Å². The lowest BCUT2D eigenvalue weighted by atomic mass is 10.0. The second-order valence-electron chi connectivity index (χ2n) is 5.99. The lowest BCUT2D eigenvalue weighted by Crippen LogP contribution is -3.00. The van der Waals surface area contributed by atoms with Gasteiger partial charge in [0, 0.05) is 12.6 Å². The van der Waals surface area contributed by atoms with Crippen molar-refractivity contribution >= 4 is 5.91 Å². The van der Waals surface area contributed by atoms with Crippen LogP contribution < -0.4 is 23.5 Å². The van der Waals surface area contributed by atoms with Gasteiger partial charge >= 0.3 is 0 Å². The summed E-state index contributed by atoms with van der Waals surface area (Å²) in [7, 11) is 0. The number of hydrogen-bond acceptors (Lipinski definition) is 4. The van der Waals surface area contributed by atoms with Crippen molar-refractivity contribution in [2.75, 3.05) is 6.54 Å². The van der Waals surface area contributed by atoms with Crippen molar-refractivity contribution in [3.63, 3.8) is 0 Å². The zero-order valence-electron chi connectivity index (χ0n) is 14.2. The summed E-state index contributed by atoms with van der Waals surface area (Å²) in [5, 5.41) is 23.1. The van der Waals surface area contributed by atoms with Crippen molar-refractivity contribution in [2.24, 2.45) is 5.73 Å². The normalized spacial score (nSPS) is 12.9. The number of nitrogens with two attached hydrogens (primary N) is 1. The van der Waals surface area contributed by atoms with Gasteiger partial charge in [0.2, 0.25) is 0 Å². The van der Waals surface area contributed by atoms with Gasteiger partial charge in [0.15, 0.2) is 0 Å². The van der Waals surface area contributed by atoms with E-state index in [9.17, 15) is 15.0 Å². The lowest BCUT2D eigenvalue weighted by Gasteiger charge is -2.18. The molecule has 0 fully saturated rings. The average Bonchev–Trinajstić information content (AvgIpc) is 2.59. The summed E-state index contributed by atoms with van der Waals surface area (Å²) in [6.07, 6.45) is 1.15. The van der Waals surface area contributed by atoms with Crippen LogP contribution in [0.3, 0.4) is 0 Å². The van der Waals surface area contributed by atoms with Crippen LogP contribution in [-0.4, -0.2) is 28.7 Å². The van der Waals surface area contributed by atoms with E-state index in [1.807, 2.05) is 18.2 Å². The van der Waals surface area contributed by atoms with Gasteiger partial charge in [0.1, 0.15) is 5.75 Å². The van der Waals surface area contributed by atoms with Gasteiger partial charge in [-0.1, -0.05) is 36.4 Å². The molecule has 1 amide bonds. The molecule has 2 aromatic carbocycles. The molecule has 0 radical (unpaired) electrons. The fraction of sp³-hybridized carbons (Fsp3) is 0.316. The third kappa shape index (κ3) is 6.38. The summed E-state index contributed by atoms with van der Waals surface area (Å²) < 4.78 is 0. The number of aryl methyl sites for hydroxylation is 1. The Labute approximate surface area is 154 Å². The highest BCUT2D eigenvalue weighted by Gasteiger charge is 2.14. The SMILES string of the molecule is CC(CCc1ccccc1)NCC(O)c1ccc(O)c(C(N)=O)c1.[Cl-]. The summed E-state index contributed by atoms with van der Waals surface area (Å²) in [6.45, 7) is 2.43. The fourth-order valence-electron chi connectivity index (χ4n) is 2.52. The largest absolute Gasteiger partial charge is 1.00 e. The molecule has 25 heavy (non-hydrogen) atoms. The van der Waals surface area contributed by atoms with E-state index in [4.69, 9.17) is 5.73 Å². The topological polar surface area (TPSA) is 95.6 Å². The number of amides is 1. The number of carbonyl (C=O) groups is 1. The number of nitrogens with one attached hydrogen (secondary N) is 1. The molecule has 2 unspecified atom stereocenters. The predicted molar refractivity (Wildman–Crippen MR) is 93.8 cm³/mol. The lowest BCUT2D eigenvalue weighted by molar-refractivity contribution is -0.0000163. The Bertz CT molecular complexity index is 680. The Morgan fingerprint density at radius 2 is 1.88 bits per heavy atom. The van der Waals surface area contributed by atoms with Crippen LogP contribution in [0.15, 0.2) is 48.5 Å². The molecule has 2 atom stereocenters. The van der Waals surface area contributed by atoms with Crippen molar-refractivity contribution in [1.29, 1.82) is 0 Å². The quantitative estimate of drug-likeness (QED) is 0.491. The molecule has 0 bridgehead atoms. The summed E-state index contributed by atoms with van der Waals surface area (Å²) in [5.41, 5.74) is 7.06. The van der Waals surface area contributed by atoms with Gasteiger partial charge in [0.05, 0.1) is 11.7 Å². The van der Waals surface area contributed by atoms with Gasteiger partial charge < -0.3 is 33.7 Å². The average molecular weight is 364 g/mol. The second-order valence-corrected chi connectivity index (χ2v) is 5.99. The molecule has 5 nitrogen and oxygen atoms in total. The minimum atomic E-state index is -0.775. The number of aromatic hydroxyl groups is 1. The molecule has 2 aromatic rings. The zero-order chi connectivity index (χ0) is 17.5. The molecule has 0 saturated heterocycles. The van der Waals surface area contributed by atoms with Crippen LogP contribution in [0, 0.1) is 0 Å². The van der Waals surface area contributed by atoms with E-state index in [2.05, 4.69) is 24.4 Å². The smallest absolute Gasteiger partial charge is 0.252 e. The van der Waals surface area contributed by atoms with E-state index in [-0.39, 0.29) is 29.8 Å². The standard InChI is InChI=1S/C19H24N2O3.ClH/c1-13(7-8-14-5-3-2-4-6-14)21-12-18(23)15-9-10-17(22)16(11-15)19(20)24;/h2-6,9-11,13,18,21-23H,7-8,12H2,1H3,(H2,20,24);1H/p-1. The Hall–Kier alpha value is -2.08. The Kier molecular flexibility index (Phi) is 8.41. The molecule has 0 spiro atoms. The molecule has 136 valence electrons. The second kappa shape index (κ2) is 10.0. The van der Waals surface area contributed by atoms with E-state index in [1.165, 1.54) is 17.7 Å². The van der Waals surface area contributed by atoms with Crippen molar-refractivity contribution < 1.29 is 27.4 Å². The predicted octanol–water partition coefficient (Wildman–Crippen LogP) is -0.861. The monoisotopic (exact) mass is 363 g/mol. The van der Waals surface area contributed by atoms with Crippen molar-refractivity contribution in [3.05, 3.63) is 65.2 Å². The van der Waals surface area contributed by atoms with E-state index in [0.29, 0.717) is 12.1 Å². The minimum Gasteiger partial charge on any atom is -1.00 e. The summed E-state index contributed by atoms with van der Waals surface area (Å²) >= 11 is 0. The number of phenols is 1. The Morgan fingerprint density at radius 3 is 2.52 bits per heavy atom. The molecule has 6 heteroatoms. The minimum absolute atomic E-state index is 0. The van der Waals surface area contributed by atoms with Crippen LogP contribution in [0.4, 0.5) is 0 Å². The van der Waals surface area contributed by atoms with Crippen LogP contribution in [0.5, 0.6) is 5.75 Å². The van der Waals surface area contributed by atoms with Crippen molar-refractivity contribution in [2.45, 2.75) is 31.9 Å². The third-order valence-corrected chi connectivity index (χ3v) is 4.04. The van der Waals surface area contributed by atoms with Gasteiger partial charge in [0.25, 0.3) is 5.91 Å². The maximum absolute atomic E-state index is 11.2. The number of primary amides is 1. The van der Waals surface area contributed by atoms with Gasteiger partial charge in [-0.25, -0.2) is 0 Å². The third-order valence-electron chi connectivity index (χ3n) is 4.04. The first-order valence-electron chi connectivity index (χ1n) is 8.05. The van der Waals surface area contributed by atoms with Gasteiger partial charge in [-0.15, -0.1) is 0 Å². The Balaban J connectivity index is 0.00000312. The summed E-state index contributed by atoms with van der Waals surface area (Å²) in [5.74, 6) is -0.895. The van der Waals surface area contributed by atoms with Crippen LogP contribution in [0.25, 0.3) is 0 Å². The molecule has 0 aliphatic carbocycles. The van der Waals surface area contributed by atoms with Gasteiger partial charge in [-0.3, -0.25) is 4.79 Å². The number of benzene rings is 2. The van der Waals surface area contributed by atoms with E-state index in [1.54, 1.807) is 6.07 Å². The van der Waals surface area contributed by atoms with Crippen LogP contribution in [0.1, 0.15) is 40.9 Å². The maximum Gasteiger partial charge on any atom is 0.252 e. The van der Waals surface area contributed by atoms with Gasteiger partial charge in [-0.05, 0) is 43.0 Å². The molecule has 5 N–H and O–H groups in total. The van der Waals surface area contributed by atoms with Crippen LogP contribution in [-0.2, 0) is 6.42 Å². The van der Waals surface area contributed by atoms with E-state index in [0.717, 1.165) is 12.8 Å². The zero-order valence-corrected chi connectivity index (χ0v) is 14.9. The van der Waals surface area contributed by atoms with Crippen molar-refractivity contribution in [1.82, 2.24) is 5.32 Å². The van der Waals surface area contributed by atoms with Crippen molar-refractivity contribution in [3.8, 4) is 5.75 Å². The molecular weight excluding hydrogens is 340 g/mol. The first-order chi connectivity index (χ1) is 11.5. The number of hydrogen-bond donors (Lipinski definition) is 4. The first kappa shape index (κ1) is 21.0. The van der Waals surface area contributed by atoms with E-state index < -0.39 is 12.0 Å². The fourth-order valence-corrected chi connectivity index (χ4v) is 2.52. The number of aliphatic hydroxyl groups excluding tert-OH is 1. The van der Waals surface area contributed by atoms with Crippen LogP contribution in [0.2, 0.25) is 0 Å². The molecular formula is C19H24ClN2O3-. The van der Waals surface area contributed by atoms with E-state index >= 15 is 0 Å². The molecule has 0 saturated carbocycles. The molecule has 2 rings (SSSR count). The highest BCUT2D eigenvalue weighted by molar-refractivity contribution is 5.95. The maximum atomic E-state index is 11.2. The molecule has 0 heterocycles. The Morgan fingerprint density at radius 1 is 1.20 bits per heavy atom. The highest BCUT2D eigenvalue weighted by atomic mass is 35.5. The summed E-state index contributed by atoms with van der Waals surface area (Å²) in [4.78, 5) is 11.2. The number of halogens is 1. The van der Waals surface area contributed by atoms with Crippen LogP contribution >= 0.6 is 0 Å². The molecule has 0 aliphatic heterocycles. The molecule has 0 aromatic heterocycles. The molecule has 0 aliphatic rings. The summed E-state index contributed by atoms with van der Waals surface area (Å²) in [6, 6.07) is 14.9. The number of carbonyl (C=O) groups excluding carboxylic acids is 1. The number of aliphatic hydroxyl groups is 1. The first-order valence-corrected chi connectivity index (χ1v) is 8.05. The number of rotatable bonds is 8. The highest BCUT2D eigenvalue weighted by Crippen LogP contribution is 2.22.